The van der Waals surface area contributed by atoms with E-state index in [-0.39, 0.29) is 11.9 Å². The quantitative estimate of drug-likeness (QED) is 0.270. The largest absolute Gasteiger partial charge is 0.497 e. The fourth-order valence-corrected chi connectivity index (χ4v) is 4.54. The maximum absolute atomic E-state index is 13.3. The number of amides is 1. The van der Waals surface area contributed by atoms with Crippen LogP contribution in [-0.2, 0) is 13.5 Å². The Bertz CT molecular complexity index is 1440. The van der Waals surface area contributed by atoms with E-state index in [1.54, 1.807) is 7.11 Å². The summed E-state index contributed by atoms with van der Waals surface area (Å²) < 4.78 is 8.36. The van der Waals surface area contributed by atoms with Crippen molar-refractivity contribution in [3.05, 3.63) is 107 Å². The summed E-state index contributed by atoms with van der Waals surface area (Å²) in [6.07, 6.45) is 2.44. The number of H-pyrrole nitrogens is 1. The number of aromatic nitrogens is 3. The molecular weight excluding hydrogens is 504 g/mol. The molecule has 3 aromatic carbocycles. The average molecular weight is 529 g/mol. The number of nitrogens with zero attached hydrogens (tertiary/aromatic N) is 2. The first-order valence-electron chi connectivity index (χ1n) is 11.3. The van der Waals surface area contributed by atoms with E-state index < -0.39 is 0 Å². The highest BCUT2D eigenvalue weighted by molar-refractivity contribution is 9.10. The number of halogens is 1. The van der Waals surface area contributed by atoms with Crippen LogP contribution in [0.1, 0.15) is 27.9 Å². The van der Waals surface area contributed by atoms with E-state index in [1.165, 1.54) is 0 Å². The molecule has 5 rings (SSSR count). The number of rotatable bonds is 7. The normalized spacial score (nSPS) is 12.0. The molecule has 0 bridgehead atoms. The van der Waals surface area contributed by atoms with Crippen LogP contribution in [0.3, 0.4) is 0 Å². The summed E-state index contributed by atoms with van der Waals surface area (Å²) in [4.78, 5) is 21.3. The number of carbonyl (C=O) groups is 1. The molecule has 2 heterocycles. The summed E-state index contributed by atoms with van der Waals surface area (Å²) >= 11 is 3.49. The number of carbonyl (C=O) groups excluding carboxylic acids is 1. The fraction of sp³-hybridized carbons (Fsp3) is 0.143. The van der Waals surface area contributed by atoms with E-state index in [4.69, 9.17) is 9.72 Å². The Morgan fingerprint density at radius 1 is 1.09 bits per heavy atom. The molecule has 2 N–H and O–H groups in total. The summed E-state index contributed by atoms with van der Waals surface area (Å²) in [5, 5.41) is 4.21. The number of imidazole rings is 1. The van der Waals surface area contributed by atoms with Crippen LogP contribution >= 0.6 is 15.9 Å². The third-order valence-electron chi connectivity index (χ3n) is 6.15. The lowest BCUT2D eigenvalue weighted by molar-refractivity contribution is 0.0930. The van der Waals surface area contributed by atoms with Gasteiger partial charge in [0, 0.05) is 22.4 Å². The number of hydrogen-bond acceptors (Lipinski definition) is 3. The van der Waals surface area contributed by atoms with Gasteiger partial charge in [-0.1, -0.05) is 58.4 Å². The topological polar surface area (TPSA) is 71.9 Å². The first-order chi connectivity index (χ1) is 17.0. The number of aromatic amines is 1. The molecule has 1 atom stereocenters. The first-order valence-corrected chi connectivity index (χ1v) is 12.1. The summed E-state index contributed by atoms with van der Waals surface area (Å²) in [7, 11) is 3.63. The standard InChI is InChI=1S/C28H25BrN4O2/c1-33-26(19-9-11-21(29)12-10-19)17-30-27(33)24(15-18-7-13-22(35-2)14-8-18)32-28(34)25-16-20-5-3-4-6-23(20)31-25/h3-14,16-17,24,31H,15H2,1-2H3,(H,32,34). The second kappa shape index (κ2) is 9.80. The number of nitrogens with one attached hydrogen (secondary N) is 2. The minimum atomic E-state index is -0.337. The molecule has 6 nitrogen and oxygen atoms in total. The van der Waals surface area contributed by atoms with Crippen molar-refractivity contribution in [2.24, 2.45) is 7.05 Å². The van der Waals surface area contributed by atoms with Crippen LogP contribution in [0.25, 0.3) is 22.2 Å². The maximum Gasteiger partial charge on any atom is 0.268 e. The van der Waals surface area contributed by atoms with E-state index in [2.05, 4.69) is 26.2 Å². The Labute approximate surface area is 212 Å². The molecule has 5 aromatic rings. The third kappa shape index (κ3) is 4.86. The van der Waals surface area contributed by atoms with Crippen LogP contribution in [0.5, 0.6) is 5.75 Å². The third-order valence-corrected chi connectivity index (χ3v) is 6.68. The zero-order valence-electron chi connectivity index (χ0n) is 19.5. The first kappa shape index (κ1) is 22.9. The Morgan fingerprint density at radius 3 is 2.54 bits per heavy atom. The monoisotopic (exact) mass is 528 g/mol. The molecule has 1 amide bonds. The molecule has 0 fully saturated rings. The summed E-state index contributed by atoms with van der Waals surface area (Å²) in [6, 6.07) is 25.4. The number of hydrogen-bond donors (Lipinski definition) is 2. The van der Waals surface area contributed by atoms with Gasteiger partial charge >= 0.3 is 0 Å². The predicted octanol–water partition coefficient (Wildman–Crippen LogP) is 6.05. The van der Waals surface area contributed by atoms with Crippen molar-refractivity contribution in [2.75, 3.05) is 7.11 Å². The van der Waals surface area contributed by atoms with Crippen LogP contribution in [-0.4, -0.2) is 27.6 Å². The maximum atomic E-state index is 13.3. The summed E-state index contributed by atoms with van der Waals surface area (Å²) in [6.45, 7) is 0. The van der Waals surface area contributed by atoms with Crippen molar-refractivity contribution in [1.29, 1.82) is 0 Å². The van der Waals surface area contributed by atoms with Crippen LogP contribution in [0, 0.1) is 0 Å². The minimum absolute atomic E-state index is 0.173. The van der Waals surface area contributed by atoms with Crippen molar-refractivity contribution in [3.63, 3.8) is 0 Å². The molecule has 0 aliphatic rings. The SMILES string of the molecule is COc1ccc(CC(NC(=O)c2cc3ccccc3[nH]2)c2ncc(-c3ccc(Br)cc3)n2C)cc1. The molecule has 0 radical (unpaired) electrons. The summed E-state index contributed by atoms with van der Waals surface area (Å²) in [5.41, 5.74) is 4.56. The number of ether oxygens (including phenoxy) is 1. The van der Waals surface area contributed by atoms with Crippen molar-refractivity contribution >= 4 is 32.7 Å². The van der Waals surface area contributed by atoms with Gasteiger partial charge in [0.15, 0.2) is 0 Å². The zero-order chi connectivity index (χ0) is 24.4. The number of para-hydroxylation sites is 1. The number of methoxy groups -OCH3 is 1. The smallest absolute Gasteiger partial charge is 0.268 e. The molecule has 2 aromatic heterocycles. The zero-order valence-corrected chi connectivity index (χ0v) is 21.0. The lowest BCUT2D eigenvalue weighted by Crippen LogP contribution is -2.32. The van der Waals surface area contributed by atoms with Gasteiger partial charge in [0.05, 0.1) is 25.0 Å². The average Bonchev–Trinajstić information content (AvgIpc) is 3.48. The van der Waals surface area contributed by atoms with E-state index >= 15 is 0 Å². The second-order valence-corrected chi connectivity index (χ2v) is 9.33. The van der Waals surface area contributed by atoms with Gasteiger partial charge in [-0.05, 0) is 53.9 Å². The van der Waals surface area contributed by atoms with Gasteiger partial charge in [-0.15, -0.1) is 0 Å². The number of benzene rings is 3. The van der Waals surface area contributed by atoms with E-state index in [9.17, 15) is 4.79 Å². The van der Waals surface area contributed by atoms with E-state index in [1.807, 2.05) is 96.7 Å². The Morgan fingerprint density at radius 2 is 1.83 bits per heavy atom. The lowest BCUT2D eigenvalue weighted by atomic mass is 10.0. The van der Waals surface area contributed by atoms with Crippen LogP contribution in [0.2, 0.25) is 0 Å². The van der Waals surface area contributed by atoms with Gasteiger partial charge in [0.1, 0.15) is 17.3 Å². The van der Waals surface area contributed by atoms with Crippen LogP contribution < -0.4 is 10.1 Å². The second-order valence-electron chi connectivity index (χ2n) is 8.42. The van der Waals surface area contributed by atoms with E-state index in [0.717, 1.165) is 43.8 Å². The van der Waals surface area contributed by atoms with Gasteiger partial charge < -0.3 is 19.6 Å². The van der Waals surface area contributed by atoms with Crippen molar-refractivity contribution < 1.29 is 9.53 Å². The summed E-state index contributed by atoms with van der Waals surface area (Å²) in [5.74, 6) is 1.40. The van der Waals surface area contributed by atoms with Crippen LogP contribution in [0.4, 0.5) is 0 Å². The molecular formula is C28H25BrN4O2. The molecule has 0 spiro atoms. The molecule has 1 unspecified atom stereocenters. The molecule has 0 aliphatic carbocycles. The Kier molecular flexibility index (Phi) is 6.42. The van der Waals surface area contributed by atoms with Crippen molar-refractivity contribution in [2.45, 2.75) is 12.5 Å². The highest BCUT2D eigenvalue weighted by Crippen LogP contribution is 2.27. The van der Waals surface area contributed by atoms with Crippen molar-refractivity contribution in [3.8, 4) is 17.0 Å². The fourth-order valence-electron chi connectivity index (χ4n) is 4.27. The van der Waals surface area contributed by atoms with Gasteiger partial charge in [-0.3, -0.25) is 4.79 Å². The molecule has 0 saturated heterocycles. The molecule has 176 valence electrons. The molecule has 35 heavy (non-hydrogen) atoms. The highest BCUT2D eigenvalue weighted by Gasteiger charge is 2.23. The highest BCUT2D eigenvalue weighted by atomic mass is 79.9. The molecule has 0 saturated carbocycles. The van der Waals surface area contributed by atoms with Crippen LogP contribution in [0.15, 0.2) is 89.5 Å². The predicted molar refractivity (Wildman–Crippen MR) is 142 cm³/mol. The van der Waals surface area contributed by atoms with Crippen molar-refractivity contribution in [1.82, 2.24) is 19.9 Å². The van der Waals surface area contributed by atoms with Gasteiger partial charge in [0.25, 0.3) is 5.91 Å². The van der Waals surface area contributed by atoms with Gasteiger partial charge in [0.2, 0.25) is 0 Å². The molecule has 0 aliphatic heterocycles. The molecule has 7 heteroatoms. The van der Waals surface area contributed by atoms with E-state index in [0.29, 0.717) is 12.1 Å². The minimum Gasteiger partial charge on any atom is -0.497 e. The number of fused-ring (bicyclic) bond motifs is 1. The lowest BCUT2D eigenvalue weighted by Gasteiger charge is -2.19. The van der Waals surface area contributed by atoms with Gasteiger partial charge in [-0.2, -0.15) is 0 Å². The Hall–Kier alpha value is -3.84. The van der Waals surface area contributed by atoms with Gasteiger partial charge in [-0.25, -0.2) is 4.98 Å². The Balaban J connectivity index is 1.48.